The molecule has 116 valence electrons. The van der Waals surface area contributed by atoms with Gasteiger partial charge in [-0.3, -0.25) is 0 Å². The molecule has 2 aliphatic carbocycles. The van der Waals surface area contributed by atoms with Gasteiger partial charge in [0.1, 0.15) is 0 Å². The van der Waals surface area contributed by atoms with Gasteiger partial charge in [0.15, 0.2) is 0 Å². The monoisotopic (exact) mass is 287 g/mol. The average molecular weight is 287 g/mol. The third-order valence-corrected chi connectivity index (χ3v) is 5.45. The van der Waals surface area contributed by atoms with E-state index in [1.807, 2.05) is 7.11 Å². The van der Waals surface area contributed by atoms with Gasteiger partial charge in [0, 0.05) is 13.2 Å². The molecule has 1 aromatic carbocycles. The van der Waals surface area contributed by atoms with Gasteiger partial charge in [-0.15, -0.1) is 0 Å². The maximum Gasteiger partial charge on any atom is 0.0693 e. The molecule has 0 saturated heterocycles. The van der Waals surface area contributed by atoms with Gasteiger partial charge in [0.2, 0.25) is 0 Å². The maximum absolute atomic E-state index is 5.82. The van der Waals surface area contributed by atoms with E-state index in [0.717, 1.165) is 19.4 Å². The Balaban J connectivity index is 1.67. The Labute approximate surface area is 129 Å². The summed E-state index contributed by atoms with van der Waals surface area (Å²) in [4.78, 5) is 0. The highest BCUT2D eigenvalue weighted by atomic mass is 16.5. The molecule has 2 aliphatic rings. The van der Waals surface area contributed by atoms with E-state index >= 15 is 0 Å². The minimum Gasteiger partial charge on any atom is -0.378 e. The van der Waals surface area contributed by atoms with Crippen LogP contribution in [0.1, 0.15) is 55.7 Å². The van der Waals surface area contributed by atoms with Crippen LogP contribution in [0.2, 0.25) is 0 Å². The van der Waals surface area contributed by atoms with Crippen molar-refractivity contribution in [2.75, 3.05) is 13.7 Å². The molecular formula is C19H29NO. The molecule has 0 radical (unpaired) electrons. The lowest BCUT2D eigenvalue weighted by Crippen LogP contribution is -2.46. The van der Waals surface area contributed by atoms with Crippen LogP contribution in [0.15, 0.2) is 18.2 Å². The normalized spacial score (nSPS) is 20.9. The standard InChI is InChI=1S/C19H29NO/c1-3-20-18(14-19(21-2)10-5-11-19)13-15-8-9-16-6-4-7-17(16)12-15/h8-9,12,18,20H,3-7,10-11,13-14H2,1-2H3. The number of aryl methyl sites for hydroxylation is 2. The summed E-state index contributed by atoms with van der Waals surface area (Å²) in [5, 5.41) is 3.68. The number of methoxy groups -OCH3 is 1. The van der Waals surface area contributed by atoms with Crippen LogP contribution in [0.4, 0.5) is 0 Å². The molecule has 1 N–H and O–H groups in total. The van der Waals surface area contributed by atoms with Crippen LogP contribution in [-0.2, 0) is 24.0 Å². The molecule has 2 heteroatoms. The largest absolute Gasteiger partial charge is 0.378 e. The molecule has 0 spiro atoms. The fourth-order valence-corrected chi connectivity index (χ4v) is 4.05. The number of fused-ring (bicyclic) bond motifs is 1. The lowest BCUT2D eigenvalue weighted by molar-refractivity contribution is -0.0833. The summed E-state index contributed by atoms with van der Waals surface area (Å²) < 4.78 is 5.82. The number of rotatable bonds is 7. The summed E-state index contributed by atoms with van der Waals surface area (Å²) in [6.07, 6.45) is 9.95. The summed E-state index contributed by atoms with van der Waals surface area (Å²) in [5.74, 6) is 0. The SMILES string of the molecule is CCNC(Cc1ccc2c(c1)CCC2)CC1(OC)CCC1. The van der Waals surface area contributed by atoms with Crippen LogP contribution in [0.25, 0.3) is 0 Å². The molecule has 1 saturated carbocycles. The fraction of sp³-hybridized carbons (Fsp3) is 0.684. The predicted molar refractivity (Wildman–Crippen MR) is 87.8 cm³/mol. The highest BCUT2D eigenvalue weighted by molar-refractivity contribution is 5.35. The smallest absolute Gasteiger partial charge is 0.0693 e. The average Bonchev–Trinajstić information content (AvgIpc) is 2.90. The Kier molecular flexibility index (Phi) is 4.66. The van der Waals surface area contributed by atoms with Gasteiger partial charge in [-0.25, -0.2) is 0 Å². The van der Waals surface area contributed by atoms with Gasteiger partial charge in [-0.05, 0) is 74.6 Å². The number of hydrogen-bond donors (Lipinski definition) is 1. The van der Waals surface area contributed by atoms with Gasteiger partial charge in [0.25, 0.3) is 0 Å². The van der Waals surface area contributed by atoms with Crippen LogP contribution >= 0.6 is 0 Å². The summed E-state index contributed by atoms with van der Waals surface area (Å²) in [5.41, 5.74) is 4.81. The van der Waals surface area contributed by atoms with Crippen LogP contribution in [-0.4, -0.2) is 25.3 Å². The van der Waals surface area contributed by atoms with Crippen molar-refractivity contribution in [3.05, 3.63) is 34.9 Å². The molecule has 0 aromatic heterocycles. The van der Waals surface area contributed by atoms with Crippen molar-refractivity contribution in [2.24, 2.45) is 0 Å². The van der Waals surface area contributed by atoms with Crippen molar-refractivity contribution in [1.82, 2.24) is 5.32 Å². The summed E-state index contributed by atoms with van der Waals surface area (Å²) >= 11 is 0. The zero-order valence-corrected chi connectivity index (χ0v) is 13.6. The van der Waals surface area contributed by atoms with Crippen LogP contribution in [0.5, 0.6) is 0 Å². The second-order valence-corrected chi connectivity index (χ2v) is 6.86. The molecule has 2 nitrogen and oxygen atoms in total. The van der Waals surface area contributed by atoms with Gasteiger partial charge >= 0.3 is 0 Å². The molecular weight excluding hydrogens is 258 g/mol. The highest BCUT2D eigenvalue weighted by Gasteiger charge is 2.38. The first kappa shape index (κ1) is 15.1. The van der Waals surface area contributed by atoms with Crippen molar-refractivity contribution in [3.63, 3.8) is 0 Å². The Morgan fingerprint density at radius 2 is 2.00 bits per heavy atom. The van der Waals surface area contributed by atoms with E-state index in [1.54, 1.807) is 11.1 Å². The molecule has 0 aliphatic heterocycles. The Bertz CT molecular complexity index is 473. The van der Waals surface area contributed by atoms with Gasteiger partial charge < -0.3 is 10.1 Å². The molecule has 0 amide bonds. The van der Waals surface area contributed by atoms with Gasteiger partial charge in [0.05, 0.1) is 5.60 Å². The topological polar surface area (TPSA) is 21.3 Å². The predicted octanol–water partition coefficient (Wildman–Crippen LogP) is 3.66. The van der Waals surface area contributed by atoms with E-state index in [2.05, 4.69) is 30.4 Å². The second kappa shape index (κ2) is 6.50. The van der Waals surface area contributed by atoms with E-state index in [-0.39, 0.29) is 5.60 Å². The van der Waals surface area contributed by atoms with Crippen LogP contribution in [0.3, 0.4) is 0 Å². The zero-order chi connectivity index (χ0) is 14.7. The molecule has 1 aromatic rings. The van der Waals surface area contributed by atoms with Crippen LogP contribution in [0, 0.1) is 0 Å². The minimum absolute atomic E-state index is 0.156. The summed E-state index contributed by atoms with van der Waals surface area (Å²) in [6.45, 7) is 3.24. The molecule has 21 heavy (non-hydrogen) atoms. The Morgan fingerprint density at radius 1 is 1.19 bits per heavy atom. The number of benzene rings is 1. The van der Waals surface area contributed by atoms with E-state index < -0.39 is 0 Å². The first-order valence-corrected chi connectivity index (χ1v) is 8.64. The first-order chi connectivity index (χ1) is 10.2. The van der Waals surface area contributed by atoms with Crippen molar-refractivity contribution in [1.29, 1.82) is 0 Å². The number of likely N-dealkylation sites (N-methyl/N-ethyl adjacent to an activating group) is 1. The molecule has 1 atom stereocenters. The van der Waals surface area contributed by atoms with E-state index in [1.165, 1.54) is 44.1 Å². The number of nitrogens with one attached hydrogen (secondary N) is 1. The summed E-state index contributed by atoms with van der Waals surface area (Å²) in [6, 6.07) is 7.69. The van der Waals surface area contributed by atoms with E-state index in [9.17, 15) is 0 Å². The van der Waals surface area contributed by atoms with Crippen molar-refractivity contribution in [3.8, 4) is 0 Å². The van der Waals surface area contributed by atoms with E-state index in [4.69, 9.17) is 4.74 Å². The molecule has 3 rings (SSSR count). The van der Waals surface area contributed by atoms with Crippen molar-refractivity contribution >= 4 is 0 Å². The molecule has 1 fully saturated rings. The molecule has 1 unspecified atom stereocenters. The Morgan fingerprint density at radius 3 is 2.67 bits per heavy atom. The van der Waals surface area contributed by atoms with Crippen LogP contribution < -0.4 is 5.32 Å². The zero-order valence-electron chi connectivity index (χ0n) is 13.6. The molecule has 0 heterocycles. The fourth-order valence-electron chi connectivity index (χ4n) is 4.05. The molecule has 0 bridgehead atoms. The van der Waals surface area contributed by atoms with Gasteiger partial charge in [-0.2, -0.15) is 0 Å². The van der Waals surface area contributed by atoms with Crippen molar-refractivity contribution in [2.45, 2.75) is 69.9 Å². The lowest BCUT2D eigenvalue weighted by atomic mass is 9.75. The second-order valence-electron chi connectivity index (χ2n) is 6.86. The van der Waals surface area contributed by atoms with Gasteiger partial charge in [-0.1, -0.05) is 25.1 Å². The van der Waals surface area contributed by atoms with Crippen molar-refractivity contribution < 1.29 is 4.74 Å². The first-order valence-electron chi connectivity index (χ1n) is 8.64. The third-order valence-electron chi connectivity index (χ3n) is 5.45. The minimum atomic E-state index is 0.156. The highest BCUT2D eigenvalue weighted by Crippen LogP contribution is 2.39. The quantitative estimate of drug-likeness (QED) is 0.826. The maximum atomic E-state index is 5.82. The Hall–Kier alpha value is -0.860. The summed E-state index contributed by atoms with van der Waals surface area (Å²) in [7, 11) is 1.89. The number of hydrogen-bond acceptors (Lipinski definition) is 2. The van der Waals surface area contributed by atoms with E-state index in [0.29, 0.717) is 6.04 Å². The number of ether oxygens (including phenoxy) is 1. The lowest BCUT2D eigenvalue weighted by Gasteiger charge is -2.43. The third kappa shape index (κ3) is 3.32.